The minimum absolute atomic E-state index is 0.105. The quantitative estimate of drug-likeness (QED) is 0.614. The van der Waals surface area contributed by atoms with Crippen LogP contribution in [-0.2, 0) is 10.0 Å². The fourth-order valence-corrected chi connectivity index (χ4v) is 2.01. The lowest BCUT2D eigenvalue weighted by molar-refractivity contribution is -0.0335. The van der Waals surface area contributed by atoms with Gasteiger partial charge < -0.3 is 10.2 Å². The molecule has 6 heteroatoms. The minimum atomic E-state index is -3.64. The Morgan fingerprint density at radius 3 is 2.27 bits per heavy atom. The lowest BCUT2D eigenvalue weighted by Gasteiger charge is -2.07. The summed E-state index contributed by atoms with van der Waals surface area (Å²) in [7, 11) is -3.64. The van der Waals surface area contributed by atoms with Crippen LogP contribution in [0, 0.1) is 6.92 Å². The molecule has 0 aliphatic rings. The van der Waals surface area contributed by atoms with Crippen molar-refractivity contribution >= 4 is 10.0 Å². The largest absolute Gasteiger partial charge is 0.367 e. The van der Waals surface area contributed by atoms with Crippen LogP contribution in [0.2, 0.25) is 0 Å². The zero-order chi connectivity index (χ0) is 11.5. The first kappa shape index (κ1) is 12.1. The lowest BCUT2D eigenvalue weighted by Crippen LogP contribution is -2.31. The van der Waals surface area contributed by atoms with E-state index in [1.54, 1.807) is 12.1 Å². The lowest BCUT2D eigenvalue weighted by atomic mass is 10.2. The van der Waals surface area contributed by atoms with E-state index in [1.807, 2.05) is 6.92 Å². The van der Waals surface area contributed by atoms with Crippen molar-refractivity contribution in [2.75, 3.05) is 6.54 Å². The molecule has 0 heterocycles. The van der Waals surface area contributed by atoms with E-state index < -0.39 is 22.9 Å². The summed E-state index contributed by atoms with van der Waals surface area (Å²) in [4.78, 5) is 0.105. The number of aliphatic hydroxyl groups is 2. The summed E-state index contributed by atoms with van der Waals surface area (Å²) in [5, 5.41) is 17.1. The summed E-state index contributed by atoms with van der Waals surface area (Å²) < 4.78 is 25.1. The standard InChI is InChI=1S/C9H13NO4S/c1-7-2-4-8(5-3-7)15(13,14)10-6-9(11)12/h2-5,9-12H,6H2,1H3. The van der Waals surface area contributed by atoms with Crippen LogP contribution in [0.4, 0.5) is 0 Å². The highest BCUT2D eigenvalue weighted by atomic mass is 32.2. The van der Waals surface area contributed by atoms with Gasteiger partial charge in [-0.2, -0.15) is 0 Å². The summed E-state index contributed by atoms with van der Waals surface area (Å²) in [6, 6.07) is 6.26. The maximum absolute atomic E-state index is 11.5. The molecule has 0 saturated heterocycles. The summed E-state index contributed by atoms with van der Waals surface area (Å²) in [6.45, 7) is 1.43. The smallest absolute Gasteiger partial charge is 0.240 e. The molecule has 15 heavy (non-hydrogen) atoms. The van der Waals surface area contributed by atoms with Crippen LogP contribution in [0.5, 0.6) is 0 Å². The topological polar surface area (TPSA) is 86.6 Å². The van der Waals surface area contributed by atoms with Gasteiger partial charge in [-0.15, -0.1) is 0 Å². The summed E-state index contributed by atoms with van der Waals surface area (Å²) in [6.07, 6.45) is -1.69. The van der Waals surface area contributed by atoms with E-state index in [-0.39, 0.29) is 4.90 Å². The highest BCUT2D eigenvalue weighted by molar-refractivity contribution is 7.89. The second-order valence-corrected chi connectivity index (χ2v) is 4.91. The fourth-order valence-electron chi connectivity index (χ4n) is 0.985. The Balaban J connectivity index is 2.82. The number of benzene rings is 1. The van der Waals surface area contributed by atoms with Crippen molar-refractivity contribution in [3.8, 4) is 0 Å². The van der Waals surface area contributed by atoms with Crippen LogP contribution < -0.4 is 4.72 Å². The van der Waals surface area contributed by atoms with Gasteiger partial charge in [0.2, 0.25) is 10.0 Å². The van der Waals surface area contributed by atoms with Crippen molar-refractivity contribution < 1.29 is 18.6 Å². The molecule has 0 aliphatic carbocycles. The Morgan fingerprint density at radius 1 is 1.27 bits per heavy atom. The first-order valence-electron chi connectivity index (χ1n) is 4.34. The first-order chi connectivity index (χ1) is 6.92. The number of rotatable bonds is 4. The average molecular weight is 231 g/mol. The Morgan fingerprint density at radius 2 is 1.80 bits per heavy atom. The van der Waals surface area contributed by atoms with Crippen LogP contribution >= 0.6 is 0 Å². The molecule has 0 atom stereocenters. The van der Waals surface area contributed by atoms with Gasteiger partial charge in [-0.05, 0) is 19.1 Å². The molecule has 0 amide bonds. The first-order valence-corrected chi connectivity index (χ1v) is 5.82. The summed E-state index contributed by atoms with van der Waals surface area (Å²) in [5.41, 5.74) is 0.955. The Kier molecular flexibility index (Phi) is 3.81. The van der Waals surface area contributed by atoms with Gasteiger partial charge in [0, 0.05) is 0 Å². The molecule has 3 N–H and O–H groups in total. The van der Waals surface area contributed by atoms with Crippen LogP contribution in [0.3, 0.4) is 0 Å². The zero-order valence-electron chi connectivity index (χ0n) is 8.21. The zero-order valence-corrected chi connectivity index (χ0v) is 9.03. The predicted octanol–water partition coefficient (Wildman–Crippen LogP) is -0.416. The summed E-state index contributed by atoms with van der Waals surface area (Å²) in [5.74, 6) is 0. The Labute approximate surface area is 88.4 Å². The number of sulfonamides is 1. The van der Waals surface area contributed by atoms with Gasteiger partial charge in [-0.1, -0.05) is 17.7 Å². The third kappa shape index (κ3) is 3.60. The molecule has 5 nitrogen and oxygen atoms in total. The third-order valence-corrected chi connectivity index (χ3v) is 3.23. The van der Waals surface area contributed by atoms with Gasteiger partial charge >= 0.3 is 0 Å². The molecule has 0 spiro atoms. The van der Waals surface area contributed by atoms with Crippen molar-refractivity contribution in [1.82, 2.24) is 4.72 Å². The van der Waals surface area contributed by atoms with Gasteiger partial charge in [-0.3, -0.25) is 0 Å². The molecule has 0 aliphatic heterocycles. The van der Waals surface area contributed by atoms with E-state index in [0.29, 0.717) is 0 Å². The molecule has 1 aromatic rings. The number of hydrogen-bond acceptors (Lipinski definition) is 4. The van der Waals surface area contributed by atoms with Crippen molar-refractivity contribution in [2.24, 2.45) is 0 Å². The molecule has 1 aromatic carbocycles. The molecule has 0 saturated carbocycles. The van der Waals surface area contributed by atoms with E-state index >= 15 is 0 Å². The molecule has 0 fully saturated rings. The van der Waals surface area contributed by atoms with Crippen molar-refractivity contribution in [3.63, 3.8) is 0 Å². The average Bonchev–Trinajstić information content (AvgIpc) is 2.16. The molecule has 0 aromatic heterocycles. The monoisotopic (exact) mass is 231 g/mol. The second-order valence-electron chi connectivity index (χ2n) is 3.15. The molecule has 1 rings (SSSR count). The van der Waals surface area contributed by atoms with E-state index in [2.05, 4.69) is 4.72 Å². The molecule has 0 unspecified atom stereocenters. The Hall–Kier alpha value is -0.950. The van der Waals surface area contributed by atoms with Gasteiger partial charge in [-0.25, -0.2) is 13.1 Å². The number of nitrogens with one attached hydrogen (secondary N) is 1. The fraction of sp³-hybridized carbons (Fsp3) is 0.333. The molecular formula is C9H13NO4S. The highest BCUT2D eigenvalue weighted by Gasteiger charge is 2.14. The number of aliphatic hydroxyl groups excluding tert-OH is 1. The molecule has 0 bridgehead atoms. The van der Waals surface area contributed by atoms with Gasteiger partial charge in [0.25, 0.3) is 0 Å². The predicted molar refractivity (Wildman–Crippen MR) is 54.6 cm³/mol. The maximum atomic E-state index is 11.5. The second kappa shape index (κ2) is 4.71. The number of aryl methyl sites for hydroxylation is 1. The number of hydrogen-bond donors (Lipinski definition) is 3. The third-order valence-electron chi connectivity index (χ3n) is 1.79. The van der Waals surface area contributed by atoms with Crippen molar-refractivity contribution in [1.29, 1.82) is 0 Å². The highest BCUT2D eigenvalue weighted by Crippen LogP contribution is 2.09. The normalized spacial score (nSPS) is 12.0. The van der Waals surface area contributed by atoms with Gasteiger partial charge in [0.05, 0.1) is 11.4 Å². The van der Waals surface area contributed by atoms with Gasteiger partial charge in [0.15, 0.2) is 6.29 Å². The van der Waals surface area contributed by atoms with Crippen molar-refractivity contribution in [3.05, 3.63) is 29.8 Å². The van der Waals surface area contributed by atoms with E-state index in [4.69, 9.17) is 10.2 Å². The van der Waals surface area contributed by atoms with Crippen LogP contribution in [0.25, 0.3) is 0 Å². The summed E-state index contributed by atoms with van der Waals surface area (Å²) >= 11 is 0. The van der Waals surface area contributed by atoms with E-state index in [9.17, 15) is 8.42 Å². The van der Waals surface area contributed by atoms with Crippen LogP contribution in [0.1, 0.15) is 5.56 Å². The van der Waals surface area contributed by atoms with Crippen LogP contribution in [0.15, 0.2) is 29.2 Å². The molecular weight excluding hydrogens is 218 g/mol. The minimum Gasteiger partial charge on any atom is -0.367 e. The van der Waals surface area contributed by atoms with E-state index in [1.165, 1.54) is 12.1 Å². The molecule has 84 valence electrons. The van der Waals surface area contributed by atoms with Crippen molar-refractivity contribution in [2.45, 2.75) is 18.1 Å². The Bertz CT molecular complexity index is 410. The van der Waals surface area contributed by atoms with Gasteiger partial charge in [0.1, 0.15) is 0 Å². The SMILES string of the molecule is Cc1ccc(S(=O)(=O)NCC(O)O)cc1. The molecule has 0 radical (unpaired) electrons. The maximum Gasteiger partial charge on any atom is 0.240 e. The van der Waals surface area contributed by atoms with Crippen LogP contribution in [-0.4, -0.2) is 31.5 Å². The van der Waals surface area contributed by atoms with E-state index in [0.717, 1.165) is 5.56 Å².